The summed E-state index contributed by atoms with van der Waals surface area (Å²) in [6.07, 6.45) is 0.891. The minimum atomic E-state index is -0.671. The molecule has 0 aliphatic rings. The van der Waals surface area contributed by atoms with Crippen LogP contribution >= 0.6 is 46.4 Å². The molecule has 0 saturated heterocycles. The highest BCUT2D eigenvalue weighted by Crippen LogP contribution is 2.38. The Morgan fingerprint density at radius 1 is 1.04 bits per heavy atom. The maximum Gasteiger partial charge on any atom is 0.166 e. The van der Waals surface area contributed by atoms with Gasteiger partial charge in [0.25, 0.3) is 0 Å². The fourth-order valence-electron chi connectivity index (χ4n) is 2.58. The number of anilines is 1. The minimum Gasteiger partial charge on any atom is -0.482 e. The van der Waals surface area contributed by atoms with Gasteiger partial charge in [0, 0.05) is 38.0 Å². The zero-order chi connectivity index (χ0) is 19.7. The van der Waals surface area contributed by atoms with Gasteiger partial charge in [0.15, 0.2) is 11.6 Å². The SMILES string of the molecule is CC(Oc1cc(-c2cc(Cl)ccc2Cl)cnc1N)c1c(Cl)ccc(F)c1Cl. The van der Waals surface area contributed by atoms with Crippen LogP contribution in [0.4, 0.5) is 10.2 Å². The quantitative estimate of drug-likeness (QED) is 0.431. The topological polar surface area (TPSA) is 48.1 Å². The third kappa shape index (κ3) is 4.25. The van der Waals surface area contributed by atoms with Crippen LogP contribution in [0.25, 0.3) is 11.1 Å². The Morgan fingerprint density at radius 3 is 2.48 bits per heavy atom. The Hall–Kier alpha value is -1.72. The first-order valence-corrected chi connectivity index (χ1v) is 9.30. The molecule has 1 heterocycles. The summed E-state index contributed by atoms with van der Waals surface area (Å²) in [5, 5.41) is 1.21. The van der Waals surface area contributed by atoms with E-state index in [0.29, 0.717) is 26.7 Å². The summed E-state index contributed by atoms with van der Waals surface area (Å²) < 4.78 is 19.7. The van der Waals surface area contributed by atoms with E-state index >= 15 is 0 Å². The molecule has 0 fully saturated rings. The Labute approximate surface area is 175 Å². The molecule has 1 aromatic heterocycles. The van der Waals surface area contributed by atoms with Crippen molar-refractivity contribution >= 4 is 52.2 Å². The summed E-state index contributed by atoms with van der Waals surface area (Å²) in [6.45, 7) is 1.69. The first kappa shape index (κ1) is 20.0. The van der Waals surface area contributed by atoms with Gasteiger partial charge >= 0.3 is 0 Å². The number of hydrogen-bond donors (Lipinski definition) is 1. The molecule has 1 unspecified atom stereocenters. The zero-order valence-corrected chi connectivity index (χ0v) is 17.0. The van der Waals surface area contributed by atoms with Crippen molar-refractivity contribution in [2.45, 2.75) is 13.0 Å². The van der Waals surface area contributed by atoms with Crippen molar-refractivity contribution in [1.82, 2.24) is 4.98 Å². The molecule has 1 atom stereocenters. The predicted octanol–water partition coefficient (Wildman–Crippen LogP) is 7.22. The number of nitrogens with two attached hydrogens (primary N) is 1. The Bertz CT molecular complexity index is 1010. The van der Waals surface area contributed by atoms with E-state index in [2.05, 4.69) is 4.98 Å². The standard InChI is InChI=1S/C19H13Cl4FN2O/c1-9(17-14(22)4-5-15(24)18(17)23)27-16-6-10(8-26-19(16)25)12-7-11(20)2-3-13(12)21/h2-9H,1H3,(H2,25,26). The molecule has 3 rings (SSSR count). The van der Waals surface area contributed by atoms with Crippen LogP contribution in [-0.2, 0) is 0 Å². The lowest BCUT2D eigenvalue weighted by Crippen LogP contribution is -2.08. The highest BCUT2D eigenvalue weighted by atomic mass is 35.5. The number of benzene rings is 2. The lowest BCUT2D eigenvalue weighted by molar-refractivity contribution is 0.227. The van der Waals surface area contributed by atoms with Crippen molar-refractivity contribution in [3.8, 4) is 16.9 Å². The van der Waals surface area contributed by atoms with Crippen LogP contribution in [0.3, 0.4) is 0 Å². The van der Waals surface area contributed by atoms with Crippen molar-refractivity contribution < 1.29 is 9.13 Å². The third-order valence-corrected chi connectivity index (χ3v) is 5.19. The molecule has 8 heteroatoms. The van der Waals surface area contributed by atoms with Gasteiger partial charge in [0.2, 0.25) is 0 Å². The first-order chi connectivity index (χ1) is 12.8. The molecule has 0 bridgehead atoms. The van der Waals surface area contributed by atoms with Gasteiger partial charge in [-0.2, -0.15) is 0 Å². The molecule has 0 radical (unpaired) electrons. The fourth-order valence-corrected chi connectivity index (χ4v) is 3.66. The highest BCUT2D eigenvalue weighted by Gasteiger charge is 2.20. The van der Waals surface area contributed by atoms with E-state index in [0.717, 1.165) is 0 Å². The Morgan fingerprint density at radius 2 is 1.74 bits per heavy atom. The van der Waals surface area contributed by atoms with Gasteiger partial charge in [0.05, 0.1) is 5.02 Å². The third-order valence-electron chi connectivity index (χ3n) is 3.91. The molecule has 0 aliphatic carbocycles. The smallest absolute Gasteiger partial charge is 0.166 e. The second-order valence-corrected chi connectivity index (χ2v) is 7.38. The maximum atomic E-state index is 13.8. The molecule has 3 nitrogen and oxygen atoms in total. The summed E-state index contributed by atoms with van der Waals surface area (Å²) in [5.41, 5.74) is 7.59. The van der Waals surface area contributed by atoms with E-state index in [4.69, 9.17) is 56.9 Å². The largest absolute Gasteiger partial charge is 0.482 e. The molecule has 3 aromatic rings. The average molecular weight is 446 g/mol. The van der Waals surface area contributed by atoms with Crippen LogP contribution in [-0.4, -0.2) is 4.98 Å². The van der Waals surface area contributed by atoms with Gasteiger partial charge in [0.1, 0.15) is 11.9 Å². The van der Waals surface area contributed by atoms with Crippen LogP contribution in [0.5, 0.6) is 5.75 Å². The van der Waals surface area contributed by atoms with E-state index in [1.807, 2.05) is 0 Å². The van der Waals surface area contributed by atoms with Crippen LogP contribution in [0.15, 0.2) is 42.6 Å². The second kappa shape index (κ2) is 8.11. The Kier molecular flexibility index (Phi) is 6.02. The van der Waals surface area contributed by atoms with Crippen molar-refractivity contribution in [1.29, 1.82) is 0 Å². The van der Waals surface area contributed by atoms with Crippen molar-refractivity contribution in [2.75, 3.05) is 5.73 Å². The van der Waals surface area contributed by atoms with Crippen molar-refractivity contribution in [3.63, 3.8) is 0 Å². The first-order valence-electron chi connectivity index (χ1n) is 7.79. The molecule has 0 aliphatic heterocycles. The number of rotatable bonds is 4. The maximum absolute atomic E-state index is 13.8. The summed E-state index contributed by atoms with van der Waals surface area (Å²) in [6, 6.07) is 9.37. The van der Waals surface area contributed by atoms with E-state index in [9.17, 15) is 4.39 Å². The van der Waals surface area contributed by atoms with Crippen LogP contribution < -0.4 is 10.5 Å². The molecule has 2 N–H and O–H groups in total. The van der Waals surface area contributed by atoms with Crippen LogP contribution in [0.2, 0.25) is 20.1 Å². The summed E-state index contributed by atoms with van der Waals surface area (Å²) >= 11 is 24.5. The molecule has 0 amide bonds. The van der Waals surface area contributed by atoms with Crippen LogP contribution in [0, 0.1) is 5.82 Å². The van der Waals surface area contributed by atoms with Crippen molar-refractivity contribution in [2.24, 2.45) is 0 Å². The average Bonchev–Trinajstić information content (AvgIpc) is 2.62. The number of pyridine rings is 1. The summed E-state index contributed by atoms with van der Waals surface area (Å²) in [4.78, 5) is 4.15. The van der Waals surface area contributed by atoms with Crippen LogP contribution in [0.1, 0.15) is 18.6 Å². The van der Waals surface area contributed by atoms with Gasteiger partial charge in [-0.15, -0.1) is 0 Å². The number of halogens is 5. The predicted molar refractivity (Wildman–Crippen MR) is 110 cm³/mol. The molecule has 0 saturated carbocycles. The minimum absolute atomic E-state index is 0.101. The molecular weight excluding hydrogens is 433 g/mol. The van der Waals surface area contributed by atoms with Gasteiger partial charge in [-0.3, -0.25) is 0 Å². The van der Waals surface area contributed by atoms with Gasteiger partial charge in [-0.1, -0.05) is 46.4 Å². The summed E-state index contributed by atoms with van der Waals surface area (Å²) in [7, 11) is 0. The molecular formula is C19H13Cl4FN2O. The zero-order valence-electron chi connectivity index (χ0n) is 13.9. The molecule has 27 heavy (non-hydrogen) atoms. The normalized spacial score (nSPS) is 12.1. The molecule has 2 aromatic carbocycles. The second-order valence-electron chi connectivity index (χ2n) is 5.75. The van der Waals surface area contributed by atoms with E-state index in [1.165, 1.54) is 12.1 Å². The fraction of sp³-hybridized carbons (Fsp3) is 0.105. The number of ether oxygens (including phenoxy) is 1. The number of aromatic nitrogens is 1. The Balaban J connectivity index is 1.99. The monoisotopic (exact) mass is 444 g/mol. The lowest BCUT2D eigenvalue weighted by atomic mass is 10.1. The summed E-state index contributed by atoms with van der Waals surface area (Å²) in [5.74, 6) is -0.142. The number of nitrogen functional groups attached to an aromatic ring is 1. The number of nitrogens with zero attached hydrogens (tertiary/aromatic N) is 1. The lowest BCUT2D eigenvalue weighted by Gasteiger charge is -2.19. The van der Waals surface area contributed by atoms with E-state index in [1.54, 1.807) is 37.4 Å². The van der Waals surface area contributed by atoms with Gasteiger partial charge < -0.3 is 10.5 Å². The molecule has 0 spiro atoms. The van der Waals surface area contributed by atoms with Gasteiger partial charge in [-0.25, -0.2) is 9.37 Å². The number of hydrogen-bond acceptors (Lipinski definition) is 3. The van der Waals surface area contributed by atoms with Crippen molar-refractivity contribution in [3.05, 3.63) is 74.1 Å². The van der Waals surface area contributed by atoms with Gasteiger partial charge in [-0.05, 0) is 43.3 Å². The molecule has 140 valence electrons. The highest BCUT2D eigenvalue weighted by molar-refractivity contribution is 6.36. The van der Waals surface area contributed by atoms with E-state index in [-0.39, 0.29) is 21.6 Å². The van der Waals surface area contributed by atoms with E-state index < -0.39 is 11.9 Å².